The number of rotatable bonds is 3. The lowest BCUT2D eigenvalue weighted by Gasteiger charge is -2.26. The molecule has 0 amide bonds. The van der Waals surface area contributed by atoms with Gasteiger partial charge in [-0.1, -0.05) is 0 Å². The molecule has 1 aromatic heterocycles. The van der Waals surface area contributed by atoms with Gasteiger partial charge in [0.15, 0.2) is 0 Å². The summed E-state index contributed by atoms with van der Waals surface area (Å²) < 4.78 is 7.62. The molecule has 5 heteroatoms. The fourth-order valence-corrected chi connectivity index (χ4v) is 2.31. The number of carbonyl (C=O) groups is 1. The van der Waals surface area contributed by atoms with Crippen LogP contribution in [0.25, 0.3) is 0 Å². The second kappa shape index (κ2) is 4.14. The highest BCUT2D eigenvalue weighted by molar-refractivity contribution is 5.70. The van der Waals surface area contributed by atoms with Crippen LogP contribution in [0.3, 0.4) is 0 Å². The van der Waals surface area contributed by atoms with Crippen LogP contribution in [0.4, 0.5) is 0 Å². The summed E-state index contributed by atoms with van der Waals surface area (Å²) in [5.41, 5.74) is 1.02. The van der Waals surface area contributed by atoms with E-state index in [1.54, 1.807) is 0 Å². The summed E-state index contributed by atoms with van der Waals surface area (Å²) in [6.45, 7) is 0.524. The van der Waals surface area contributed by atoms with Crippen LogP contribution in [-0.2, 0) is 9.53 Å². The summed E-state index contributed by atoms with van der Waals surface area (Å²) >= 11 is 0. The van der Waals surface area contributed by atoms with E-state index in [1.807, 2.05) is 17.1 Å². The quantitative estimate of drug-likeness (QED) is 0.868. The van der Waals surface area contributed by atoms with Crippen LogP contribution in [0.15, 0.2) is 12.4 Å². The molecule has 5 nitrogen and oxygen atoms in total. The zero-order valence-corrected chi connectivity index (χ0v) is 9.58. The summed E-state index contributed by atoms with van der Waals surface area (Å²) in [6, 6.07) is 0.558. The molecule has 2 heterocycles. The van der Waals surface area contributed by atoms with Crippen molar-refractivity contribution in [3.63, 3.8) is 0 Å². The van der Waals surface area contributed by atoms with Gasteiger partial charge >= 0.3 is 5.97 Å². The predicted octanol–water partition coefficient (Wildman–Crippen LogP) is 1.77. The maximum absolute atomic E-state index is 11.0. The number of carboxylic acid groups (broad SMARTS) is 1. The summed E-state index contributed by atoms with van der Waals surface area (Å²) in [6.07, 6.45) is 7.29. The Morgan fingerprint density at radius 1 is 1.47 bits per heavy atom. The number of nitrogens with zero attached hydrogens (tertiary/aromatic N) is 2. The molecule has 2 fully saturated rings. The van der Waals surface area contributed by atoms with Crippen molar-refractivity contribution in [2.45, 2.75) is 37.8 Å². The normalized spacial score (nSPS) is 29.2. The lowest BCUT2D eigenvalue weighted by Crippen LogP contribution is -2.25. The van der Waals surface area contributed by atoms with E-state index in [-0.39, 0.29) is 12.0 Å². The minimum Gasteiger partial charge on any atom is -0.481 e. The summed E-state index contributed by atoms with van der Waals surface area (Å²) in [5, 5.41) is 13.3. The van der Waals surface area contributed by atoms with Crippen molar-refractivity contribution in [2.75, 3.05) is 6.61 Å². The SMILES string of the molecule is O=C(O)[C@H]1CCO[C@@H](c2cnn(C3CC3)c2)C1. The minimum absolute atomic E-state index is 0.0997. The Labute approximate surface area is 99.4 Å². The highest BCUT2D eigenvalue weighted by atomic mass is 16.5. The van der Waals surface area contributed by atoms with E-state index in [9.17, 15) is 4.79 Å². The van der Waals surface area contributed by atoms with E-state index in [4.69, 9.17) is 9.84 Å². The predicted molar refractivity (Wildman–Crippen MR) is 59.6 cm³/mol. The highest BCUT2D eigenvalue weighted by Crippen LogP contribution is 2.36. The van der Waals surface area contributed by atoms with Crippen LogP contribution in [0.5, 0.6) is 0 Å². The molecule has 92 valence electrons. The van der Waals surface area contributed by atoms with Gasteiger partial charge in [-0.2, -0.15) is 5.10 Å². The summed E-state index contributed by atoms with van der Waals surface area (Å²) in [4.78, 5) is 11.0. The van der Waals surface area contributed by atoms with Crippen LogP contribution in [0.2, 0.25) is 0 Å². The van der Waals surface area contributed by atoms with Gasteiger partial charge in [-0.15, -0.1) is 0 Å². The molecule has 3 rings (SSSR count). The monoisotopic (exact) mass is 236 g/mol. The van der Waals surface area contributed by atoms with Gasteiger partial charge < -0.3 is 9.84 Å². The third-order valence-electron chi connectivity index (χ3n) is 3.55. The van der Waals surface area contributed by atoms with Crippen molar-refractivity contribution in [1.29, 1.82) is 0 Å². The van der Waals surface area contributed by atoms with Gasteiger partial charge in [0.1, 0.15) is 0 Å². The molecule has 1 aromatic rings. The van der Waals surface area contributed by atoms with Crippen LogP contribution in [0, 0.1) is 5.92 Å². The van der Waals surface area contributed by atoms with Gasteiger partial charge in [0.25, 0.3) is 0 Å². The molecular weight excluding hydrogens is 220 g/mol. The Hall–Kier alpha value is -1.36. The fraction of sp³-hybridized carbons (Fsp3) is 0.667. The zero-order valence-electron chi connectivity index (χ0n) is 9.58. The number of aromatic nitrogens is 2. The molecular formula is C12H16N2O3. The molecule has 1 aliphatic carbocycles. The van der Waals surface area contributed by atoms with Crippen LogP contribution in [-0.4, -0.2) is 27.5 Å². The summed E-state index contributed by atoms with van der Waals surface area (Å²) in [7, 11) is 0. The zero-order chi connectivity index (χ0) is 11.8. The number of ether oxygens (including phenoxy) is 1. The van der Waals surface area contributed by atoms with Crippen molar-refractivity contribution in [3.05, 3.63) is 18.0 Å². The number of hydrogen-bond donors (Lipinski definition) is 1. The third-order valence-corrected chi connectivity index (χ3v) is 3.55. The van der Waals surface area contributed by atoms with Gasteiger partial charge in [0.2, 0.25) is 0 Å². The van der Waals surface area contributed by atoms with Gasteiger partial charge in [-0.3, -0.25) is 9.48 Å². The van der Waals surface area contributed by atoms with E-state index < -0.39 is 5.97 Å². The second-order valence-electron chi connectivity index (χ2n) is 4.90. The van der Waals surface area contributed by atoms with Gasteiger partial charge in [0.05, 0.1) is 24.3 Å². The first-order chi connectivity index (χ1) is 8.24. The molecule has 0 aromatic carbocycles. The Kier molecular flexibility index (Phi) is 2.63. The first-order valence-electron chi connectivity index (χ1n) is 6.12. The first-order valence-corrected chi connectivity index (χ1v) is 6.12. The molecule has 17 heavy (non-hydrogen) atoms. The van der Waals surface area contributed by atoms with Crippen LogP contribution >= 0.6 is 0 Å². The van der Waals surface area contributed by atoms with Gasteiger partial charge in [0, 0.05) is 18.4 Å². The molecule has 0 radical (unpaired) electrons. The largest absolute Gasteiger partial charge is 0.481 e. The molecule has 2 aliphatic rings. The van der Waals surface area contributed by atoms with Crippen LogP contribution < -0.4 is 0 Å². The van der Waals surface area contributed by atoms with E-state index in [1.165, 1.54) is 12.8 Å². The van der Waals surface area contributed by atoms with E-state index in [0.717, 1.165) is 5.56 Å². The van der Waals surface area contributed by atoms with E-state index in [2.05, 4.69) is 5.10 Å². The van der Waals surface area contributed by atoms with Crippen molar-refractivity contribution >= 4 is 5.97 Å². The Morgan fingerprint density at radius 2 is 2.29 bits per heavy atom. The highest BCUT2D eigenvalue weighted by Gasteiger charge is 2.30. The van der Waals surface area contributed by atoms with Crippen molar-refractivity contribution < 1.29 is 14.6 Å². The number of hydrogen-bond acceptors (Lipinski definition) is 3. The minimum atomic E-state index is -0.715. The summed E-state index contributed by atoms with van der Waals surface area (Å²) in [5.74, 6) is -0.995. The smallest absolute Gasteiger partial charge is 0.306 e. The molecule has 1 aliphatic heterocycles. The molecule has 0 spiro atoms. The van der Waals surface area contributed by atoms with Crippen molar-refractivity contribution in [3.8, 4) is 0 Å². The lowest BCUT2D eigenvalue weighted by molar-refractivity contribution is -0.147. The van der Waals surface area contributed by atoms with E-state index >= 15 is 0 Å². The maximum Gasteiger partial charge on any atom is 0.306 e. The topological polar surface area (TPSA) is 64.3 Å². The second-order valence-corrected chi connectivity index (χ2v) is 4.90. The number of aliphatic carboxylic acids is 1. The maximum atomic E-state index is 11.0. The van der Waals surface area contributed by atoms with Crippen molar-refractivity contribution in [2.24, 2.45) is 5.92 Å². The lowest BCUT2D eigenvalue weighted by atomic mass is 9.93. The van der Waals surface area contributed by atoms with Gasteiger partial charge in [-0.05, 0) is 25.7 Å². The molecule has 0 bridgehead atoms. The average Bonchev–Trinajstić information content (AvgIpc) is 3.07. The van der Waals surface area contributed by atoms with Crippen LogP contribution in [0.1, 0.15) is 43.4 Å². The Bertz CT molecular complexity index is 425. The third kappa shape index (κ3) is 2.20. The molecule has 1 saturated carbocycles. The Balaban J connectivity index is 1.71. The van der Waals surface area contributed by atoms with Gasteiger partial charge in [-0.25, -0.2) is 0 Å². The Morgan fingerprint density at radius 3 is 3.00 bits per heavy atom. The first kappa shape index (κ1) is 10.8. The molecule has 1 N–H and O–H groups in total. The molecule has 1 saturated heterocycles. The molecule has 0 unspecified atom stereocenters. The average molecular weight is 236 g/mol. The number of carboxylic acids is 1. The van der Waals surface area contributed by atoms with Crippen molar-refractivity contribution in [1.82, 2.24) is 9.78 Å². The fourth-order valence-electron chi connectivity index (χ4n) is 2.31. The molecule has 2 atom stereocenters. The van der Waals surface area contributed by atoms with E-state index in [0.29, 0.717) is 25.5 Å². The standard InChI is InChI=1S/C12H16N2O3/c15-12(16)8-3-4-17-11(5-8)9-6-13-14(7-9)10-1-2-10/h6-8,10-11H,1-5H2,(H,15,16)/t8-,11+/m0/s1.